The fourth-order valence-corrected chi connectivity index (χ4v) is 5.68. The van der Waals surface area contributed by atoms with E-state index in [0.29, 0.717) is 11.4 Å². The number of nitrogens with zero attached hydrogens (tertiary/aromatic N) is 1. The monoisotopic (exact) mass is 406 g/mol. The van der Waals surface area contributed by atoms with Crippen LogP contribution in [0.15, 0.2) is 46.7 Å². The lowest BCUT2D eigenvalue weighted by molar-refractivity contribution is 0.0937. The molecule has 0 atom stereocenters. The fourth-order valence-electron chi connectivity index (χ4n) is 3.36. The van der Waals surface area contributed by atoms with E-state index in [1.165, 1.54) is 34.6 Å². The molecule has 1 aliphatic rings. The number of hydrogen-bond acceptors (Lipinski definition) is 4. The number of rotatable bonds is 6. The molecular formula is C20H26N2O3S2. The fraction of sp³-hybridized carbons (Fsp3) is 0.450. The summed E-state index contributed by atoms with van der Waals surface area (Å²) in [6.45, 7) is 0.294. The zero-order valence-corrected chi connectivity index (χ0v) is 17.2. The second-order valence-corrected chi connectivity index (χ2v) is 10.0. The molecule has 7 heteroatoms. The number of nitrogens with one attached hydrogen (secondary N) is 1. The Balaban J connectivity index is 1.67. The highest BCUT2D eigenvalue weighted by Crippen LogP contribution is 2.24. The van der Waals surface area contributed by atoms with Crippen molar-refractivity contribution in [3.05, 3.63) is 52.2 Å². The van der Waals surface area contributed by atoms with Crippen molar-refractivity contribution in [1.29, 1.82) is 0 Å². The molecule has 5 nitrogen and oxygen atoms in total. The molecule has 1 aromatic heterocycles. The molecule has 1 N–H and O–H groups in total. The minimum absolute atomic E-state index is 0.168. The first-order valence-corrected chi connectivity index (χ1v) is 11.7. The summed E-state index contributed by atoms with van der Waals surface area (Å²) in [5.41, 5.74) is 0.921. The van der Waals surface area contributed by atoms with Gasteiger partial charge in [-0.3, -0.25) is 4.79 Å². The van der Waals surface area contributed by atoms with Crippen LogP contribution in [0.1, 0.15) is 53.8 Å². The molecule has 0 bridgehead atoms. The van der Waals surface area contributed by atoms with Gasteiger partial charge in [-0.2, -0.15) is 4.31 Å². The lowest BCUT2D eigenvalue weighted by atomic mass is 10.1. The standard InChI is InChI=1S/C20H26N2O3S2/c1-22(14-16-9-5-4-6-10-16)27(24,25)18-13-19(26-15-18)20(23)21-17-11-7-2-3-8-12-17/h4-6,9-10,13,15,17H,2-3,7-8,11-12,14H2,1H3,(H,21,23). The van der Waals surface area contributed by atoms with Crippen LogP contribution in [0, 0.1) is 0 Å². The lowest BCUT2D eigenvalue weighted by Crippen LogP contribution is -2.34. The van der Waals surface area contributed by atoms with Gasteiger partial charge in [0.15, 0.2) is 0 Å². The average molecular weight is 407 g/mol. The Labute approximate surface area is 165 Å². The average Bonchev–Trinajstić information content (AvgIpc) is 3.03. The van der Waals surface area contributed by atoms with Crippen molar-refractivity contribution in [1.82, 2.24) is 9.62 Å². The molecule has 2 aromatic rings. The minimum atomic E-state index is -3.63. The molecule has 1 saturated carbocycles. The predicted molar refractivity (Wildman–Crippen MR) is 108 cm³/mol. The van der Waals surface area contributed by atoms with E-state index < -0.39 is 10.0 Å². The van der Waals surface area contributed by atoms with Crippen LogP contribution in [0.5, 0.6) is 0 Å². The highest BCUT2D eigenvalue weighted by atomic mass is 32.2. The Bertz CT molecular complexity index is 854. The van der Waals surface area contributed by atoms with Gasteiger partial charge in [0, 0.05) is 25.0 Å². The number of sulfonamides is 1. The summed E-state index contributed by atoms with van der Waals surface area (Å²) >= 11 is 1.18. The maximum atomic E-state index is 12.8. The molecule has 1 aliphatic carbocycles. The summed E-state index contributed by atoms with van der Waals surface area (Å²) in [6, 6.07) is 11.1. The third-order valence-corrected chi connectivity index (χ3v) is 7.81. The topological polar surface area (TPSA) is 66.5 Å². The number of carbonyl (C=O) groups is 1. The Hall–Kier alpha value is -1.70. The molecule has 1 fully saturated rings. The van der Waals surface area contributed by atoms with E-state index >= 15 is 0 Å². The normalized spacial score (nSPS) is 16.2. The SMILES string of the molecule is CN(Cc1ccccc1)S(=O)(=O)c1csc(C(=O)NC2CCCCCC2)c1. The summed E-state index contributed by atoms with van der Waals surface area (Å²) in [5, 5.41) is 4.63. The van der Waals surface area contributed by atoms with E-state index in [9.17, 15) is 13.2 Å². The molecule has 1 amide bonds. The maximum Gasteiger partial charge on any atom is 0.261 e. The van der Waals surface area contributed by atoms with Crippen LogP contribution in [0.4, 0.5) is 0 Å². The highest BCUT2D eigenvalue weighted by molar-refractivity contribution is 7.89. The Kier molecular flexibility index (Phi) is 6.68. The second-order valence-electron chi connectivity index (χ2n) is 7.06. The van der Waals surface area contributed by atoms with E-state index in [1.807, 2.05) is 30.3 Å². The number of benzene rings is 1. The summed E-state index contributed by atoms with van der Waals surface area (Å²) in [4.78, 5) is 13.1. The molecule has 0 radical (unpaired) electrons. The zero-order chi connectivity index (χ0) is 19.3. The number of hydrogen-bond donors (Lipinski definition) is 1. The van der Waals surface area contributed by atoms with E-state index in [1.54, 1.807) is 12.4 Å². The van der Waals surface area contributed by atoms with E-state index in [0.717, 1.165) is 31.2 Å². The van der Waals surface area contributed by atoms with E-state index in [2.05, 4.69) is 5.32 Å². The van der Waals surface area contributed by atoms with Crippen LogP contribution in [-0.4, -0.2) is 31.7 Å². The van der Waals surface area contributed by atoms with Gasteiger partial charge in [0.25, 0.3) is 5.91 Å². The summed E-state index contributed by atoms with van der Waals surface area (Å²) in [6.07, 6.45) is 6.73. The molecular weight excluding hydrogens is 380 g/mol. The maximum absolute atomic E-state index is 12.8. The van der Waals surface area contributed by atoms with Crippen LogP contribution >= 0.6 is 11.3 Å². The van der Waals surface area contributed by atoms with Gasteiger partial charge in [-0.1, -0.05) is 56.0 Å². The highest BCUT2D eigenvalue weighted by Gasteiger charge is 2.24. The molecule has 1 heterocycles. The van der Waals surface area contributed by atoms with Gasteiger partial charge in [-0.25, -0.2) is 8.42 Å². The molecule has 0 spiro atoms. The molecule has 0 saturated heterocycles. The lowest BCUT2D eigenvalue weighted by Gasteiger charge is -2.16. The third kappa shape index (κ3) is 5.18. The van der Waals surface area contributed by atoms with Gasteiger partial charge in [-0.05, 0) is 24.5 Å². The molecule has 0 aliphatic heterocycles. The minimum Gasteiger partial charge on any atom is -0.349 e. The van der Waals surface area contributed by atoms with Crippen molar-refractivity contribution >= 4 is 27.3 Å². The van der Waals surface area contributed by atoms with Crippen LogP contribution < -0.4 is 5.32 Å². The first-order chi connectivity index (χ1) is 13.0. The van der Waals surface area contributed by atoms with Gasteiger partial charge >= 0.3 is 0 Å². The first kappa shape index (κ1) is 20.0. The van der Waals surface area contributed by atoms with Crippen LogP contribution in [0.3, 0.4) is 0 Å². The van der Waals surface area contributed by atoms with Gasteiger partial charge in [0.1, 0.15) is 0 Å². The number of carbonyl (C=O) groups excluding carboxylic acids is 1. The van der Waals surface area contributed by atoms with Gasteiger partial charge in [-0.15, -0.1) is 11.3 Å². The van der Waals surface area contributed by atoms with Gasteiger partial charge in [0.05, 0.1) is 9.77 Å². The number of amides is 1. The van der Waals surface area contributed by atoms with Crippen LogP contribution in [-0.2, 0) is 16.6 Å². The second kappa shape index (κ2) is 8.99. The molecule has 0 unspecified atom stereocenters. The summed E-state index contributed by atoms with van der Waals surface area (Å²) in [7, 11) is -2.06. The molecule has 27 heavy (non-hydrogen) atoms. The molecule has 3 rings (SSSR count). The smallest absolute Gasteiger partial charge is 0.261 e. The Morgan fingerprint density at radius 2 is 1.81 bits per heavy atom. The van der Waals surface area contributed by atoms with E-state index in [-0.39, 0.29) is 16.8 Å². The van der Waals surface area contributed by atoms with Crippen molar-refractivity contribution in [3.63, 3.8) is 0 Å². The van der Waals surface area contributed by atoms with Crippen molar-refractivity contribution in [2.45, 2.75) is 56.0 Å². The van der Waals surface area contributed by atoms with Crippen molar-refractivity contribution in [2.75, 3.05) is 7.05 Å². The van der Waals surface area contributed by atoms with Crippen molar-refractivity contribution in [2.24, 2.45) is 0 Å². The number of thiophene rings is 1. The predicted octanol–water partition coefficient (Wildman–Crippen LogP) is 4.02. The first-order valence-electron chi connectivity index (χ1n) is 9.36. The van der Waals surface area contributed by atoms with Gasteiger partial charge in [0.2, 0.25) is 10.0 Å². The Morgan fingerprint density at radius 3 is 2.48 bits per heavy atom. The van der Waals surface area contributed by atoms with Crippen LogP contribution in [0.25, 0.3) is 0 Å². The summed E-state index contributed by atoms with van der Waals surface area (Å²) < 4.78 is 26.9. The van der Waals surface area contributed by atoms with Crippen LogP contribution in [0.2, 0.25) is 0 Å². The molecule has 1 aromatic carbocycles. The van der Waals surface area contributed by atoms with Crippen molar-refractivity contribution in [3.8, 4) is 0 Å². The quantitative estimate of drug-likeness (QED) is 0.737. The summed E-state index contributed by atoms with van der Waals surface area (Å²) in [5.74, 6) is -0.168. The molecule has 146 valence electrons. The third-order valence-electron chi connectivity index (χ3n) is 4.95. The van der Waals surface area contributed by atoms with E-state index in [4.69, 9.17) is 0 Å². The Morgan fingerprint density at radius 1 is 1.15 bits per heavy atom. The van der Waals surface area contributed by atoms with Gasteiger partial charge < -0.3 is 5.32 Å². The largest absolute Gasteiger partial charge is 0.349 e. The van der Waals surface area contributed by atoms with Crippen molar-refractivity contribution < 1.29 is 13.2 Å². The zero-order valence-electron chi connectivity index (χ0n) is 15.6.